The van der Waals surface area contributed by atoms with Crippen LogP contribution in [-0.2, 0) is 0 Å². The highest BCUT2D eigenvalue weighted by molar-refractivity contribution is 6.34. The first-order valence-electron chi connectivity index (χ1n) is 4.00. The van der Waals surface area contributed by atoms with Gasteiger partial charge in [0.05, 0.1) is 13.3 Å². The molecule has 0 saturated heterocycles. The zero-order valence-electron chi connectivity index (χ0n) is 7.42. The summed E-state index contributed by atoms with van der Waals surface area (Å²) < 4.78 is 18.3. The molecule has 2 rings (SSSR count). The van der Waals surface area contributed by atoms with E-state index in [4.69, 9.17) is 16.3 Å². The van der Waals surface area contributed by atoms with Gasteiger partial charge >= 0.3 is 0 Å². The van der Waals surface area contributed by atoms with E-state index in [-0.39, 0.29) is 0 Å². The van der Waals surface area contributed by atoms with Crippen LogP contribution in [0, 0.1) is 5.82 Å². The quantitative estimate of drug-likeness (QED) is 0.677. The average molecular weight is 212 g/mol. The summed E-state index contributed by atoms with van der Waals surface area (Å²) in [6.45, 7) is 0. The lowest BCUT2D eigenvalue weighted by Gasteiger charge is -2.03. The molecule has 4 heteroatoms. The highest BCUT2D eigenvalue weighted by Crippen LogP contribution is 2.27. The molecule has 14 heavy (non-hydrogen) atoms. The minimum Gasteiger partial charge on any atom is -0.497 e. The first-order valence-corrected chi connectivity index (χ1v) is 4.38. The third kappa shape index (κ3) is 1.40. The minimum atomic E-state index is -0.400. The van der Waals surface area contributed by atoms with Crippen LogP contribution in [0.25, 0.3) is 10.8 Å². The van der Waals surface area contributed by atoms with Crippen molar-refractivity contribution in [2.24, 2.45) is 0 Å². The molecule has 0 amide bonds. The van der Waals surface area contributed by atoms with E-state index in [2.05, 4.69) is 4.98 Å². The van der Waals surface area contributed by atoms with Gasteiger partial charge in [0.1, 0.15) is 16.7 Å². The Hall–Kier alpha value is -1.35. The number of aromatic nitrogens is 1. The molecule has 72 valence electrons. The van der Waals surface area contributed by atoms with Crippen LogP contribution in [0.3, 0.4) is 0 Å². The molecule has 2 nitrogen and oxygen atoms in total. The van der Waals surface area contributed by atoms with Gasteiger partial charge in [-0.2, -0.15) is 0 Å². The number of ether oxygens (including phenoxy) is 1. The van der Waals surface area contributed by atoms with Gasteiger partial charge in [-0.25, -0.2) is 9.37 Å². The van der Waals surface area contributed by atoms with Gasteiger partial charge in [0.25, 0.3) is 0 Å². The van der Waals surface area contributed by atoms with E-state index in [1.165, 1.54) is 7.11 Å². The molecule has 0 atom stereocenters. The van der Waals surface area contributed by atoms with Gasteiger partial charge in [-0.1, -0.05) is 11.6 Å². The third-order valence-electron chi connectivity index (χ3n) is 2.00. The zero-order valence-corrected chi connectivity index (χ0v) is 8.18. The predicted octanol–water partition coefficient (Wildman–Crippen LogP) is 3.04. The van der Waals surface area contributed by atoms with Gasteiger partial charge in [-0.15, -0.1) is 0 Å². The highest BCUT2D eigenvalue weighted by atomic mass is 35.5. The van der Waals surface area contributed by atoms with Gasteiger partial charge in [-0.3, -0.25) is 0 Å². The number of fused-ring (bicyclic) bond motifs is 1. The Balaban J connectivity index is 2.80. The summed E-state index contributed by atoms with van der Waals surface area (Å²) in [7, 11) is 1.53. The van der Waals surface area contributed by atoms with Gasteiger partial charge in [0, 0.05) is 10.8 Å². The lowest BCUT2D eigenvalue weighted by molar-refractivity contribution is 0.415. The normalized spacial score (nSPS) is 10.5. The number of pyridine rings is 1. The lowest BCUT2D eigenvalue weighted by atomic mass is 10.1. The number of nitrogens with zero attached hydrogens (tertiary/aromatic N) is 1. The Morgan fingerprint density at radius 1 is 1.36 bits per heavy atom. The third-order valence-corrected chi connectivity index (χ3v) is 2.30. The summed E-state index contributed by atoms with van der Waals surface area (Å²) in [6.07, 6.45) is 1.10. The van der Waals surface area contributed by atoms with Crippen LogP contribution in [0.5, 0.6) is 5.75 Å². The summed E-state index contributed by atoms with van der Waals surface area (Å²) in [4.78, 5) is 3.71. The minimum absolute atomic E-state index is 0.295. The number of methoxy groups -OCH3 is 1. The molecule has 2 aromatic rings. The van der Waals surface area contributed by atoms with Crippen LogP contribution in [-0.4, -0.2) is 12.1 Å². The van der Waals surface area contributed by atoms with Crippen molar-refractivity contribution in [1.29, 1.82) is 0 Å². The summed E-state index contributed by atoms with van der Waals surface area (Å²) >= 11 is 5.81. The second kappa shape index (κ2) is 3.42. The van der Waals surface area contributed by atoms with Crippen LogP contribution in [0.2, 0.25) is 5.15 Å². The van der Waals surface area contributed by atoms with Crippen LogP contribution >= 0.6 is 11.6 Å². The maximum atomic E-state index is 13.3. The monoisotopic (exact) mass is 211 g/mol. The van der Waals surface area contributed by atoms with Crippen molar-refractivity contribution in [2.45, 2.75) is 0 Å². The van der Waals surface area contributed by atoms with Crippen molar-refractivity contribution >= 4 is 22.4 Å². The lowest BCUT2D eigenvalue weighted by Crippen LogP contribution is -1.87. The molecule has 0 aliphatic carbocycles. The smallest absolute Gasteiger partial charge is 0.149 e. The number of rotatable bonds is 1. The molecule has 0 spiro atoms. The fourth-order valence-corrected chi connectivity index (χ4v) is 1.49. The molecule has 0 aliphatic rings. The van der Waals surface area contributed by atoms with Crippen molar-refractivity contribution in [3.63, 3.8) is 0 Å². The largest absolute Gasteiger partial charge is 0.497 e. The number of halogens is 2. The molecule has 1 aromatic heterocycles. The van der Waals surface area contributed by atoms with Gasteiger partial charge < -0.3 is 4.74 Å². The maximum absolute atomic E-state index is 13.3. The SMILES string of the molecule is COc1ccc2c(Cl)ncc(F)c2c1. The Labute approximate surface area is 85.3 Å². The van der Waals surface area contributed by atoms with Crippen LogP contribution < -0.4 is 4.74 Å². The fourth-order valence-electron chi connectivity index (χ4n) is 1.28. The topological polar surface area (TPSA) is 22.1 Å². The Kier molecular flexibility index (Phi) is 2.25. The van der Waals surface area contributed by atoms with E-state index in [0.717, 1.165) is 6.20 Å². The number of benzene rings is 1. The second-order valence-corrected chi connectivity index (χ2v) is 3.17. The molecular formula is C10H7ClFNO. The maximum Gasteiger partial charge on any atom is 0.149 e. The van der Waals surface area contributed by atoms with E-state index >= 15 is 0 Å². The van der Waals surface area contributed by atoms with Crippen molar-refractivity contribution in [3.8, 4) is 5.75 Å². The molecule has 0 radical (unpaired) electrons. The second-order valence-electron chi connectivity index (χ2n) is 2.81. The molecule has 0 aliphatic heterocycles. The van der Waals surface area contributed by atoms with Gasteiger partial charge in [0.15, 0.2) is 0 Å². The van der Waals surface area contributed by atoms with E-state index in [1.807, 2.05) is 0 Å². The molecule has 0 N–H and O–H groups in total. The van der Waals surface area contributed by atoms with E-state index < -0.39 is 5.82 Å². The van der Waals surface area contributed by atoms with Gasteiger partial charge in [-0.05, 0) is 18.2 Å². The fraction of sp³-hybridized carbons (Fsp3) is 0.100. The number of hydrogen-bond acceptors (Lipinski definition) is 2. The van der Waals surface area contributed by atoms with Crippen molar-refractivity contribution in [1.82, 2.24) is 4.98 Å². The van der Waals surface area contributed by atoms with E-state index in [9.17, 15) is 4.39 Å². The molecular weight excluding hydrogens is 205 g/mol. The first-order chi connectivity index (χ1) is 6.72. The summed E-state index contributed by atoms with van der Waals surface area (Å²) in [5, 5.41) is 1.31. The molecule has 0 saturated carbocycles. The molecule has 0 fully saturated rings. The molecule has 0 bridgehead atoms. The number of hydrogen-bond donors (Lipinski definition) is 0. The molecule has 1 aromatic carbocycles. The van der Waals surface area contributed by atoms with Gasteiger partial charge in [0.2, 0.25) is 0 Å². The van der Waals surface area contributed by atoms with E-state index in [0.29, 0.717) is 21.7 Å². The van der Waals surface area contributed by atoms with Crippen LogP contribution in [0.1, 0.15) is 0 Å². The summed E-state index contributed by atoms with van der Waals surface area (Å²) in [5.74, 6) is 0.196. The highest BCUT2D eigenvalue weighted by Gasteiger charge is 2.06. The predicted molar refractivity (Wildman–Crippen MR) is 53.3 cm³/mol. The van der Waals surface area contributed by atoms with Crippen LogP contribution in [0.15, 0.2) is 24.4 Å². The molecule has 1 heterocycles. The Bertz CT molecular complexity index is 487. The Morgan fingerprint density at radius 2 is 2.14 bits per heavy atom. The average Bonchev–Trinajstić information content (AvgIpc) is 2.23. The zero-order chi connectivity index (χ0) is 10.1. The summed E-state index contributed by atoms with van der Waals surface area (Å²) in [6, 6.07) is 5.00. The standard InChI is InChI=1S/C10H7ClFNO/c1-14-6-2-3-7-8(4-6)9(12)5-13-10(7)11/h2-5H,1H3. The van der Waals surface area contributed by atoms with Crippen molar-refractivity contribution < 1.29 is 9.13 Å². The first kappa shape index (κ1) is 9.21. The van der Waals surface area contributed by atoms with Crippen molar-refractivity contribution in [3.05, 3.63) is 35.4 Å². The molecule has 0 unspecified atom stereocenters. The van der Waals surface area contributed by atoms with E-state index in [1.54, 1.807) is 18.2 Å². The summed E-state index contributed by atoms with van der Waals surface area (Å²) in [5.41, 5.74) is 0. The Morgan fingerprint density at radius 3 is 2.86 bits per heavy atom. The van der Waals surface area contributed by atoms with Crippen molar-refractivity contribution in [2.75, 3.05) is 7.11 Å². The van der Waals surface area contributed by atoms with Crippen LogP contribution in [0.4, 0.5) is 4.39 Å².